The molecule has 1 heterocycles. The maximum Gasteiger partial charge on any atom is 0.251 e. The molecule has 2 N–H and O–H groups in total. The van der Waals surface area contributed by atoms with Gasteiger partial charge in [0.2, 0.25) is 0 Å². The van der Waals surface area contributed by atoms with Gasteiger partial charge in [-0.25, -0.2) is 0 Å². The predicted molar refractivity (Wildman–Crippen MR) is 118 cm³/mol. The molecule has 6 heteroatoms. The van der Waals surface area contributed by atoms with Gasteiger partial charge in [-0.15, -0.1) is 24.0 Å². The smallest absolute Gasteiger partial charge is 0.251 e. The minimum Gasteiger partial charge on any atom is -0.356 e. The highest BCUT2D eigenvalue weighted by molar-refractivity contribution is 14.0. The third-order valence-electron chi connectivity index (χ3n) is 4.31. The Labute approximate surface area is 171 Å². The van der Waals surface area contributed by atoms with Gasteiger partial charge in [-0.1, -0.05) is 36.4 Å². The molecular formula is C20H25IN4O. The molecule has 0 spiro atoms. The zero-order valence-corrected chi connectivity index (χ0v) is 17.3. The monoisotopic (exact) mass is 464 g/mol. The summed E-state index contributed by atoms with van der Waals surface area (Å²) in [5, 5.41) is 6.33. The molecule has 2 aromatic rings. The number of guanidine groups is 1. The summed E-state index contributed by atoms with van der Waals surface area (Å²) in [5.41, 5.74) is 3.29. The Hall–Kier alpha value is -2.09. The number of aliphatic imine (C=N–C) groups is 1. The van der Waals surface area contributed by atoms with Crippen molar-refractivity contribution >= 4 is 41.5 Å². The lowest BCUT2D eigenvalue weighted by molar-refractivity contribution is 0.0953. The Balaban J connectivity index is 0.00000243. The SMILES string of the molecule is CN=C(NCCCNC(=O)c1ccccc1)N1CCc2ccccc21.I. The maximum atomic E-state index is 12.0. The van der Waals surface area contributed by atoms with Crippen LogP contribution in [0.2, 0.25) is 0 Å². The van der Waals surface area contributed by atoms with Crippen LogP contribution in [0.25, 0.3) is 0 Å². The van der Waals surface area contributed by atoms with Crippen LogP contribution in [-0.2, 0) is 6.42 Å². The van der Waals surface area contributed by atoms with E-state index in [1.807, 2.05) is 30.3 Å². The first-order chi connectivity index (χ1) is 12.3. The summed E-state index contributed by atoms with van der Waals surface area (Å²) in [4.78, 5) is 18.6. The zero-order valence-electron chi connectivity index (χ0n) is 14.9. The topological polar surface area (TPSA) is 56.7 Å². The number of rotatable bonds is 5. The van der Waals surface area contributed by atoms with E-state index < -0.39 is 0 Å². The van der Waals surface area contributed by atoms with Gasteiger partial charge in [-0.3, -0.25) is 9.79 Å². The van der Waals surface area contributed by atoms with Crippen LogP contribution in [0, 0.1) is 0 Å². The molecule has 2 aromatic carbocycles. The first-order valence-corrected chi connectivity index (χ1v) is 8.69. The van der Waals surface area contributed by atoms with Gasteiger partial charge in [0.05, 0.1) is 0 Å². The molecule has 0 unspecified atom stereocenters. The number of amides is 1. The number of nitrogens with one attached hydrogen (secondary N) is 2. The number of fused-ring (bicyclic) bond motifs is 1. The first-order valence-electron chi connectivity index (χ1n) is 8.69. The molecule has 1 amide bonds. The van der Waals surface area contributed by atoms with Crippen LogP contribution in [0.3, 0.4) is 0 Å². The standard InChI is InChI=1S/C20H24N4O.HI/c1-21-20(24-15-12-16-8-5-6-11-18(16)24)23-14-7-13-22-19(25)17-9-3-2-4-10-17;/h2-6,8-11H,7,12-15H2,1H3,(H,21,23)(H,22,25);1H. The van der Waals surface area contributed by atoms with E-state index in [1.165, 1.54) is 11.3 Å². The molecule has 5 nitrogen and oxygen atoms in total. The average Bonchev–Trinajstić information content (AvgIpc) is 3.09. The molecule has 0 fully saturated rings. The second-order valence-corrected chi connectivity index (χ2v) is 5.98. The van der Waals surface area contributed by atoms with Crippen molar-refractivity contribution in [3.8, 4) is 0 Å². The summed E-state index contributed by atoms with van der Waals surface area (Å²) in [6.07, 6.45) is 1.89. The van der Waals surface area contributed by atoms with Crippen molar-refractivity contribution in [3.05, 3.63) is 65.7 Å². The fourth-order valence-electron chi connectivity index (χ4n) is 3.04. The Morgan fingerprint density at radius 3 is 2.50 bits per heavy atom. The van der Waals surface area contributed by atoms with E-state index in [9.17, 15) is 4.79 Å². The average molecular weight is 464 g/mol. The molecule has 0 saturated carbocycles. The fraction of sp³-hybridized carbons (Fsp3) is 0.300. The van der Waals surface area contributed by atoms with Crippen molar-refractivity contribution in [2.45, 2.75) is 12.8 Å². The van der Waals surface area contributed by atoms with Gasteiger partial charge in [0.25, 0.3) is 5.91 Å². The molecule has 0 radical (unpaired) electrons. The minimum absolute atomic E-state index is 0. The lowest BCUT2D eigenvalue weighted by Crippen LogP contribution is -2.41. The van der Waals surface area contributed by atoms with E-state index in [1.54, 1.807) is 7.05 Å². The second-order valence-electron chi connectivity index (χ2n) is 5.98. The summed E-state index contributed by atoms with van der Waals surface area (Å²) >= 11 is 0. The van der Waals surface area contributed by atoms with E-state index in [-0.39, 0.29) is 29.9 Å². The minimum atomic E-state index is -0.0292. The van der Waals surface area contributed by atoms with Crippen LogP contribution >= 0.6 is 24.0 Å². The molecule has 1 aliphatic heterocycles. The van der Waals surface area contributed by atoms with Crippen molar-refractivity contribution < 1.29 is 4.79 Å². The second kappa shape index (κ2) is 10.2. The Morgan fingerprint density at radius 2 is 1.73 bits per heavy atom. The predicted octanol–water partition coefficient (Wildman–Crippen LogP) is 3.06. The van der Waals surface area contributed by atoms with E-state index in [4.69, 9.17) is 0 Å². The van der Waals surface area contributed by atoms with E-state index >= 15 is 0 Å². The Morgan fingerprint density at radius 1 is 1.04 bits per heavy atom. The summed E-state index contributed by atoms with van der Waals surface area (Å²) in [5.74, 6) is 0.859. The number of carbonyl (C=O) groups is 1. The molecule has 0 aromatic heterocycles. The van der Waals surface area contributed by atoms with Gasteiger partial charge in [0.15, 0.2) is 5.96 Å². The number of benzene rings is 2. The summed E-state index contributed by atoms with van der Waals surface area (Å²) in [6, 6.07) is 17.7. The van der Waals surface area contributed by atoms with Gasteiger partial charge in [-0.2, -0.15) is 0 Å². The summed E-state index contributed by atoms with van der Waals surface area (Å²) in [7, 11) is 1.81. The van der Waals surface area contributed by atoms with Gasteiger partial charge >= 0.3 is 0 Å². The van der Waals surface area contributed by atoms with Crippen LogP contribution in [-0.4, -0.2) is 38.5 Å². The first kappa shape index (κ1) is 20.2. The van der Waals surface area contributed by atoms with Gasteiger partial charge in [0.1, 0.15) is 0 Å². The number of carbonyl (C=O) groups excluding carboxylic acids is 1. The van der Waals surface area contributed by atoms with Gasteiger partial charge in [0, 0.05) is 37.9 Å². The lowest BCUT2D eigenvalue weighted by Gasteiger charge is -2.22. The lowest BCUT2D eigenvalue weighted by atomic mass is 10.2. The largest absolute Gasteiger partial charge is 0.356 e. The summed E-state index contributed by atoms with van der Waals surface area (Å²) in [6.45, 7) is 2.35. The van der Waals surface area contributed by atoms with Crippen LogP contribution in [0.15, 0.2) is 59.6 Å². The zero-order chi connectivity index (χ0) is 17.5. The molecule has 1 aliphatic rings. The number of hydrogen-bond donors (Lipinski definition) is 2. The van der Waals surface area contributed by atoms with Gasteiger partial charge < -0.3 is 15.5 Å². The van der Waals surface area contributed by atoms with Crippen LogP contribution in [0.1, 0.15) is 22.3 Å². The molecule has 3 rings (SSSR count). The number of halogens is 1. The summed E-state index contributed by atoms with van der Waals surface area (Å²) < 4.78 is 0. The van der Waals surface area contributed by atoms with Crippen molar-refractivity contribution in [2.24, 2.45) is 4.99 Å². The maximum absolute atomic E-state index is 12.0. The Bertz CT molecular complexity index is 748. The van der Waals surface area contributed by atoms with Crippen LogP contribution < -0.4 is 15.5 Å². The van der Waals surface area contributed by atoms with Crippen LogP contribution in [0.5, 0.6) is 0 Å². The molecule has 0 saturated heterocycles. The number of hydrogen-bond acceptors (Lipinski definition) is 2. The highest BCUT2D eigenvalue weighted by atomic mass is 127. The van der Waals surface area contributed by atoms with Crippen molar-refractivity contribution in [2.75, 3.05) is 31.6 Å². The van der Waals surface area contributed by atoms with Crippen LogP contribution in [0.4, 0.5) is 5.69 Å². The van der Waals surface area contributed by atoms with E-state index in [0.29, 0.717) is 12.1 Å². The number of para-hydroxylation sites is 1. The van der Waals surface area contributed by atoms with E-state index in [2.05, 4.69) is 44.8 Å². The van der Waals surface area contributed by atoms with Gasteiger partial charge in [-0.05, 0) is 36.6 Å². The third kappa shape index (κ3) is 4.97. The molecule has 0 bridgehead atoms. The molecule has 0 atom stereocenters. The normalized spacial score (nSPS) is 13.0. The van der Waals surface area contributed by atoms with E-state index in [0.717, 1.165) is 31.9 Å². The fourth-order valence-corrected chi connectivity index (χ4v) is 3.04. The highest BCUT2D eigenvalue weighted by Gasteiger charge is 2.21. The third-order valence-corrected chi connectivity index (χ3v) is 4.31. The number of anilines is 1. The number of nitrogens with zero attached hydrogens (tertiary/aromatic N) is 2. The molecule has 26 heavy (non-hydrogen) atoms. The molecular weight excluding hydrogens is 439 g/mol. The quantitative estimate of drug-likeness (QED) is 0.310. The Kier molecular flexibility index (Phi) is 7.90. The van der Waals surface area contributed by atoms with Crippen molar-refractivity contribution in [1.82, 2.24) is 10.6 Å². The van der Waals surface area contributed by atoms with Crippen molar-refractivity contribution in [3.63, 3.8) is 0 Å². The molecule has 0 aliphatic carbocycles. The van der Waals surface area contributed by atoms with Crippen molar-refractivity contribution in [1.29, 1.82) is 0 Å². The highest BCUT2D eigenvalue weighted by Crippen LogP contribution is 2.27. The molecule has 138 valence electrons.